The minimum absolute atomic E-state index is 0.0677. The summed E-state index contributed by atoms with van der Waals surface area (Å²) in [6.45, 7) is 7.59. The third kappa shape index (κ3) is 7.08. The highest BCUT2D eigenvalue weighted by atomic mass is 19.1. The molecule has 0 bridgehead atoms. The van der Waals surface area contributed by atoms with Crippen LogP contribution in [0.25, 0.3) is 0 Å². The summed E-state index contributed by atoms with van der Waals surface area (Å²) in [4.78, 5) is 30.5. The minimum Gasteiger partial charge on any atom is -0.497 e. The van der Waals surface area contributed by atoms with E-state index in [9.17, 15) is 14.0 Å². The fourth-order valence-electron chi connectivity index (χ4n) is 4.56. The van der Waals surface area contributed by atoms with Gasteiger partial charge in [0, 0.05) is 38.6 Å². The van der Waals surface area contributed by atoms with Crippen molar-refractivity contribution in [3.05, 3.63) is 65.5 Å². The summed E-state index contributed by atoms with van der Waals surface area (Å²) in [5.74, 6) is 0.0757. The van der Waals surface area contributed by atoms with Crippen LogP contribution in [0.4, 0.5) is 9.18 Å². The summed E-state index contributed by atoms with van der Waals surface area (Å²) in [6, 6.07) is 12.8. The molecule has 3 amide bonds. The zero-order valence-corrected chi connectivity index (χ0v) is 22.2. The number of urea groups is 1. The molecule has 1 unspecified atom stereocenters. The first kappa shape index (κ1) is 27.5. The standard InChI is InChI=1S/C28H36FN5O4/c1-20(2)30-28(36)33(13-12-32-14-16-38-17-15-32)19-27(35)34-26(22-4-8-23(29)9-5-22)18-25(31-34)21-6-10-24(37-3)11-7-21/h4-11,20,26H,12-19H2,1-3H3,(H,30,36). The number of nitrogens with one attached hydrogen (secondary N) is 1. The van der Waals surface area contributed by atoms with Crippen LogP contribution in [0.2, 0.25) is 0 Å². The molecule has 0 aromatic heterocycles. The third-order valence-corrected chi connectivity index (χ3v) is 6.66. The summed E-state index contributed by atoms with van der Waals surface area (Å²) < 4.78 is 24.3. The van der Waals surface area contributed by atoms with Gasteiger partial charge in [-0.25, -0.2) is 14.2 Å². The van der Waals surface area contributed by atoms with Crippen LogP contribution in [-0.4, -0.2) is 91.5 Å². The Bertz CT molecular complexity index is 1120. The Labute approximate surface area is 223 Å². The number of amides is 3. The number of halogens is 1. The average Bonchev–Trinajstić information content (AvgIpc) is 3.37. The average molecular weight is 526 g/mol. The number of methoxy groups -OCH3 is 1. The molecule has 10 heteroatoms. The van der Waals surface area contributed by atoms with Crippen molar-refractivity contribution in [2.24, 2.45) is 5.10 Å². The molecule has 2 aromatic carbocycles. The number of ether oxygens (including phenoxy) is 2. The predicted molar refractivity (Wildman–Crippen MR) is 143 cm³/mol. The van der Waals surface area contributed by atoms with Crippen molar-refractivity contribution in [1.29, 1.82) is 0 Å². The molecule has 2 aliphatic rings. The van der Waals surface area contributed by atoms with E-state index in [0.717, 1.165) is 35.7 Å². The van der Waals surface area contributed by atoms with Crippen LogP contribution in [0.1, 0.15) is 37.4 Å². The van der Waals surface area contributed by atoms with Crippen molar-refractivity contribution in [2.45, 2.75) is 32.4 Å². The molecule has 1 atom stereocenters. The molecule has 0 saturated carbocycles. The van der Waals surface area contributed by atoms with Crippen molar-refractivity contribution in [3.8, 4) is 5.75 Å². The zero-order chi connectivity index (χ0) is 27.1. The second-order valence-corrected chi connectivity index (χ2v) is 9.76. The number of nitrogens with zero attached hydrogens (tertiary/aromatic N) is 4. The van der Waals surface area contributed by atoms with Crippen LogP contribution in [0, 0.1) is 5.82 Å². The molecule has 1 fully saturated rings. The van der Waals surface area contributed by atoms with E-state index in [-0.39, 0.29) is 30.3 Å². The molecule has 4 rings (SSSR count). The molecule has 2 heterocycles. The van der Waals surface area contributed by atoms with E-state index in [1.807, 2.05) is 38.1 Å². The number of carbonyl (C=O) groups is 2. The number of hydrazone groups is 1. The van der Waals surface area contributed by atoms with Gasteiger partial charge in [-0.05, 0) is 61.4 Å². The summed E-state index contributed by atoms with van der Waals surface area (Å²) in [5.41, 5.74) is 2.38. The van der Waals surface area contributed by atoms with Gasteiger partial charge in [-0.3, -0.25) is 9.69 Å². The summed E-state index contributed by atoms with van der Waals surface area (Å²) in [7, 11) is 1.60. The third-order valence-electron chi connectivity index (χ3n) is 6.66. The molecule has 1 N–H and O–H groups in total. The van der Waals surface area contributed by atoms with Gasteiger partial charge in [0.15, 0.2) is 0 Å². The number of carbonyl (C=O) groups excluding carboxylic acids is 2. The van der Waals surface area contributed by atoms with Crippen LogP contribution in [0.15, 0.2) is 53.6 Å². The molecular weight excluding hydrogens is 489 g/mol. The molecule has 0 radical (unpaired) electrons. The van der Waals surface area contributed by atoms with Gasteiger partial charge in [0.1, 0.15) is 18.1 Å². The van der Waals surface area contributed by atoms with Gasteiger partial charge in [-0.2, -0.15) is 5.10 Å². The maximum absolute atomic E-state index is 13.7. The smallest absolute Gasteiger partial charge is 0.318 e. The largest absolute Gasteiger partial charge is 0.497 e. The van der Waals surface area contributed by atoms with Crippen molar-refractivity contribution < 1.29 is 23.5 Å². The van der Waals surface area contributed by atoms with Crippen molar-refractivity contribution in [3.63, 3.8) is 0 Å². The number of hydrogen-bond donors (Lipinski definition) is 1. The van der Waals surface area contributed by atoms with E-state index in [1.54, 1.807) is 24.1 Å². The second kappa shape index (κ2) is 12.8. The lowest BCUT2D eigenvalue weighted by Gasteiger charge is -2.31. The summed E-state index contributed by atoms with van der Waals surface area (Å²) in [6.07, 6.45) is 0.468. The molecular formula is C28H36FN5O4. The van der Waals surface area contributed by atoms with Gasteiger partial charge >= 0.3 is 6.03 Å². The van der Waals surface area contributed by atoms with E-state index < -0.39 is 6.04 Å². The van der Waals surface area contributed by atoms with Gasteiger partial charge in [0.25, 0.3) is 5.91 Å². The van der Waals surface area contributed by atoms with Crippen LogP contribution >= 0.6 is 0 Å². The lowest BCUT2D eigenvalue weighted by molar-refractivity contribution is -0.133. The second-order valence-electron chi connectivity index (χ2n) is 9.76. The Morgan fingerprint density at radius 1 is 1.13 bits per heavy atom. The lowest BCUT2D eigenvalue weighted by atomic mass is 9.98. The van der Waals surface area contributed by atoms with Gasteiger partial charge < -0.3 is 19.7 Å². The highest BCUT2D eigenvalue weighted by Crippen LogP contribution is 2.33. The van der Waals surface area contributed by atoms with E-state index in [0.29, 0.717) is 32.7 Å². The minimum atomic E-state index is -0.408. The van der Waals surface area contributed by atoms with Crippen LogP contribution in [-0.2, 0) is 9.53 Å². The fraction of sp³-hybridized carbons (Fsp3) is 0.464. The molecule has 0 spiro atoms. The van der Waals surface area contributed by atoms with Crippen molar-refractivity contribution in [2.75, 3.05) is 53.0 Å². The molecule has 2 aliphatic heterocycles. The highest BCUT2D eigenvalue weighted by molar-refractivity contribution is 6.03. The Morgan fingerprint density at radius 2 is 1.82 bits per heavy atom. The van der Waals surface area contributed by atoms with E-state index >= 15 is 0 Å². The van der Waals surface area contributed by atoms with Crippen LogP contribution in [0.3, 0.4) is 0 Å². The Kier molecular flexibility index (Phi) is 9.30. The van der Waals surface area contributed by atoms with Crippen LogP contribution < -0.4 is 10.1 Å². The number of benzene rings is 2. The van der Waals surface area contributed by atoms with E-state index in [4.69, 9.17) is 14.6 Å². The van der Waals surface area contributed by atoms with Gasteiger partial charge in [0.05, 0.1) is 32.1 Å². The molecule has 204 valence electrons. The first-order chi connectivity index (χ1) is 18.3. The van der Waals surface area contributed by atoms with E-state index in [2.05, 4.69) is 10.2 Å². The molecule has 9 nitrogen and oxygen atoms in total. The fourth-order valence-corrected chi connectivity index (χ4v) is 4.56. The number of rotatable bonds is 9. The summed E-state index contributed by atoms with van der Waals surface area (Å²) in [5, 5.41) is 9.04. The number of morpholine rings is 1. The van der Waals surface area contributed by atoms with E-state index in [1.165, 1.54) is 17.1 Å². The monoisotopic (exact) mass is 525 g/mol. The van der Waals surface area contributed by atoms with Gasteiger partial charge in [0.2, 0.25) is 0 Å². The Hall–Kier alpha value is -3.50. The SMILES string of the molecule is COc1ccc(C2=NN(C(=O)CN(CCN3CCOCC3)C(=O)NC(C)C)C(c3ccc(F)cc3)C2)cc1. The lowest BCUT2D eigenvalue weighted by Crippen LogP contribution is -2.50. The van der Waals surface area contributed by atoms with Crippen molar-refractivity contribution in [1.82, 2.24) is 20.1 Å². The normalized spacial score (nSPS) is 17.9. The van der Waals surface area contributed by atoms with Gasteiger partial charge in [-0.1, -0.05) is 12.1 Å². The summed E-state index contributed by atoms with van der Waals surface area (Å²) >= 11 is 0. The zero-order valence-electron chi connectivity index (χ0n) is 22.2. The molecule has 2 aromatic rings. The number of hydrogen-bond acceptors (Lipinski definition) is 6. The topological polar surface area (TPSA) is 86.7 Å². The first-order valence-electron chi connectivity index (χ1n) is 13.0. The Balaban J connectivity index is 1.55. The Morgan fingerprint density at radius 3 is 2.45 bits per heavy atom. The van der Waals surface area contributed by atoms with Crippen LogP contribution in [0.5, 0.6) is 5.75 Å². The molecule has 38 heavy (non-hydrogen) atoms. The van der Waals surface area contributed by atoms with Crippen molar-refractivity contribution >= 4 is 17.6 Å². The molecule has 1 saturated heterocycles. The van der Waals surface area contributed by atoms with Gasteiger partial charge in [-0.15, -0.1) is 0 Å². The first-order valence-corrected chi connectivity index (χ1v) is 13.0. The predicted octanol–water partition coefficient (Wildman–Crippen LogP) is 3.26. The maximum Gasteiger partial charge on any atom is 0.318 e. The maximum atomic E-state index is 13.7. The quantitative estimate of drug-likeness (QED) is 0.543. The highest BCUT2D eigenvalue weighted by Gasteiger charge is 2.34. The molecule has 0 aliphatic carbocycles.